The van der Waals surface area contributed by atoms with Crippen LogP contribution in [-0.4, -0.2) is 18.3 Å². The van der Waals surface area contributed by atoms with Crippen LogP contribution in [0.4, 0.5) is 0 Å². The number of phenolic OH excluding ortho intramolecular Hbond substituents is 1. The van der Waals surface area contributed by atoms with Crippen LogP contribution in [0.1, 0.15) is 18.9 Å². The summed E-state index contributed by atoms with van der Waals surface area (Å²) in [6, 6.07) is 7.31. The molecule has 1 unspecified atom stereocenters. The highest BCUT2D eigenvalue weighted by molar-refractivity contribution is 5.25. The Bertz CT molecular complexity index is 241. The van der Waals surface area contributed by atoms with Gasteiger partial charge in [0, 0.05) is 7.11 Å². The first kappa shape index (κ1) is 10.1. The zero-order valence-electron chi connectivity index (χ0n) is 8.16. The molecule has 0 aliphatic heterocycles. The summed E-state index contributed by atoms with van der Waals surface area (Å²) < 4.78 is 5.15. The lowest BCUT2D eigenvalue weighted by molar-refractivity contribution is 0.111. The highest BCUT2D eigenvalue weighted by Gasteiger charge is 1.99. The fraction of sp³-hybridized carbons (Fsp3) is 0.455. The van der Waals surface area contributed by atoms with Gasteiger partial charge in [-0.25, -0.2) is 0 Å². The van der Waals surface area contributed by atoms with Crippen molar-refractivity contribution < 1.29 is 9.84 Å². The first-order valence-electron chi connectivity index (χ1n) is 4.53. The Labute approximate surface area is 79.2 Å². The van der Waals surface area contributed by atoms with E-state index in [4.69, 9.17) is 9.84 Å². The van der Waals surface area contributed by atoms with Crippen LogP contribution < -0.4 is 0 Å². The van der Waals surface area contributed by atoms with E-state index in [-0.39, 0.29) is 0 Å². The predicted molar refractivity (Wildman–Crippen MR) is 52.9 cm³/mol. The molecule has 0 aromatic heterocycles. The highest BCUT2D eigenvalue weighted by Crippen LogP contribution is 2.12. The third-order valence-corrected chi connectivity index (χ3v) is 2.18. The van der Waals surface area contributed by atoms with Gasteiger partial charge in [-0.15, -0.1) is 0 Å². The van der Waals surface area contributed by atoms with Crippen molar-refractivity contribution in [3.8, 4) is 5.75 Å². The Morgan fingerprint density at radius 2 is 1.92 bits per heavy atom. The molecule has 1 atom stereocenters. The summed E-state index contributed by atoms with van der Waals surface area (Å²) in [5, 5.41) is 9.06. The average molecular weight is 180 g/mol. The third-order valence-electron chi connectivity index (χ3n) is 2.18. The third kappa shape index (κ3) is 3.47. The molecule has 0 amide bonds. The van der Waals surface area contributed by atoms with Gasteiger partial charge >= 0.3 is 0 Å². The van der Waals surface area contributed by atoms with E-state index < -0.39 is 0 Å². The fourth-order valence-corrected chi connectivity index (χ4v) is 1.15. The maximum Gasteiger partial charge on any atom is 0.115 e. The molecule has 1 rings (SSSR count). The normalized spacial score (nSPS) is 12.8. The molecular weight excluding hydrogens is 164 g/mol. The molecule has 72 valence electrons. The Balaban J connectivity index is 2.41. The summed E-state index contributed by atoms with van der Waals surface area (Å²) in [6.07, 6.45) is 2.31. The Morgan fingerprint density at radius 1 is 1.31 bits per heavy atom. The van der Waals surface area contributed by atoms with Crippen molar-refractivity contribution in [1.82, 2.24) is 0 Å². The van der Waals surface area contributed by atoms with Crippen molar-refractivity contribution >= 4 is 0 Å². The van der Waals surface area contributed by atoms with Gasteiger partial charge in [0.25, 0.3) is 0 Å². The topological polar surface area (TPSA) is 29.5 Å². The summed E-state index contributed by atoms with van der Waals surface area (Å²) in [4.78, 5) is 0. The van der Waals surface area contributed by atoms with Crippen LogP contribution in [0.5, 0.6) is 5.75 Å². The molecule has 0 saturated carbocycles. The lowest BCUT2D eigenvalue weighted by Gasteiger charge is -2.08. The molecule has 1 aromatic rings. The minimum Gasteiger partial charge on any atom is -0.508 e. The van der Waals surface area contributed by atoms with Gasteiger partial charge < -0.3 is 9.84 Å². The molecule has 1 aromatic carbocycles. The number of hydrogen-bond acceptors (Lipinski definition) is 2. The summed E-state index contributed by atoms with van der Waals surface area (Å²) >= 11 is 0. The van der Waals surface area contributed by atoms with Crippen LogP contribution in [-0.2, 0) is 11.2 Å². The molecule has 13 heavy (non-hydrogen) atoms. The maximum absolute atomic E-state index is 9.06. The molecule has 0 saturated heterocycles. The van der Waals surface area contributed by atoms with Crippen molar-refractivity contribution in [3.05, 3.63) is 29.8 Å². The number of ether oxygens (including phenoxy) is 1. The molecule has 0 radical (unpaired) electrons. The van der Waals surface area contributed by atoms with Crippen LogP contribution >= 0.6 is 0 Å². The predicted octanol–water partition coefficient (Wildman–Crippen LogP) is 2.36. The number of aromatic hydroxyl groups is 1. The number of rotatable bonds is 4. The SMILES string of the molecule is COC(C)CCc1ccc(O)cc1. The van der Waals surface area contributed by atoms with Crippen LogP contribution in [0.25, 0.3) is 0 Å². The molecule has 0 heterocycles. The molecule has 0 aliphatic rings. The molecule has 0 fully saturated rings. The molecule has 2 nitrogen and oxygen atoms in total. The zero-order valence-corrected chi connectivity index (χ0v) is 8.16. The van der Waals surface area contributed by atoms with Crippen molar-refractivity contribution in [2.24, 2.45) is 0 Å². The molecule has 1 N–H and O–H groups in total. The number of methoxy groups -OCH3 is 1. The highest BCUT2D eigenvalue weighted by atomic mass is 16.5. The lowest BCUT2D eigenvalue weighted by atomic mass is 10.1. The minimum atomic E-state index is 0.300. The van der Waals surface area contributed by atoms with Gasteiger partial charge in [-0.1, -0.05) is 12.1 Å². The van der Waals surface area contributed by atoms with Gasteiger partial charge in [0.15, 0.2) is 0 Å². The second kappa shape index (κ2) is 4.87. The van der Waals surface area contributed by atoms with E-state index in [1.54, 1.807) is 19.2 Å². The smallest absolute Gasteiger partial charge is 0.115 e. The van der Waals surface area contributed by atoms with Gasteiger partial charge in [0.2, 0.25) is 0 Å². The summed E-state index contributed by atoms with van der Waals surface area (Å²) in [5.41, 5.74) is 1.24. The van der Waals surface area contributed by atoms with Gasteiger partial charge in [-0.3, -0.25) is 0 Å². The van der Waals surface area contributed by atoms with E-state index in [2.05, 4.69) is 6.92 Å². The molecule has 0 bridgehead atoms. The quantitative estimate of drug-likeness (QED) is 0.770. The Hall–Kier alpha value is -1.02. The molecule has 2 heteroatoms. The number of hydrogen-bond donors (Lipinski definition) is 1. The van der Waals surface area contributed by atoms with E-state index >= 15 is 0 Å². The first-order valence-corrected chi connectivity index (χ1v) is 4.53. The monoisotopic (exact) mass is 180 g/mol. The van der Waals surface area contributed by atoms with E-state index in [1.807, 2.05) is 12.1 Å². The number of aryl methyl sites for hydroxylation is 1. The minimum absolute atomic E-state index is 0.300. The zero-order chi connectivity index (χ0) is 9.68. The van der Waals surface area contributed by atoms with Crippen LogP contribution in [0.15, 0.2) is 24.3 Å². The van der Waals surface area contributed by atoms with E-state index in [1.165, 1.54) is 5.56 Å². The van der Waals surface area contributed by atoms with Gasteiger partial charge in [-0.2, -0.15) is 0 Å². The van der Waals surface area contributed by atoms with Crippen molar-refractivity contribution in [2.75, 3.05) is 7.11 Å². The maximum atomic E-state index is 9.06. The molecule has 0 aliphatic carbocycles. The van der Waals surface area contributed by atoms with Crippen LogP contribution in [0.2, 0.25) is 0 Å². The second-order valence-corrected chi connectivity index (χ2v) is 3.25. The Kier molecular flexibility index (Phi) is 3.77. The van der Waals surface area contributed by atoms with Crippen LogP contribution in [0, 0.1) is 0 Å². The largest absolute Gasteiger partial charge is 0.508 e. The average Bonchev–Trinajstić information content (AvgIpc) is 2.16. The lowest BCUT2D eigenvalue weighted by Crippen LogP contribution is -2.05. The van der Waals surface area contributed by atoms with Gasteiger partial charge in [0.1, 0.15) is 5.75 Å². The Morgan fingerprint density at radius 3 is 2.46 bits per heavy atom. The van der Waals surface area contributed by atoms with Crippen molar-refractivity contribution in [1.29, 1.82) is 0 Å². The van der Waals surface area contributed by atoms with Gasteiger partial charge in [-0.05, 0) is 37.5 Å². The van der Waals surface area contributed by atoms with Crippen molar-refractivity contribution in [2.45, 2.75) is 25.9 Å². The summed E-state index contributed by atoms with van der Waals surface area (Å²) in [6.45, 7) is 2.06. The first-order chi connectivity index (χ1) is 6.22. The standard InChI is InChI=1S/C11H16O2/c1-9(13-2)3-4-10-5-7-11(12)8-6-10/h5-9,12H,3-4H2,1-2H3. The summed E-state index contributed by atoms with van der Waals surface area (Å²) in [7, 11) is 1.72. The van der Waals surface area contributed by atoms with Gasteiger partial charge in [0.05, 0.1) is 6.10 Å². The van der Waals surface area contributed by atoms with Crippen LogP contribution in [0.3, 0.4) is 0 Å². The van der Waals surface area contributed by atoms with E-state index in [9.17, 15) is 0 Å². The number of phenols is 1. The fourth-order valence-electron chi connectivity index (χ4n) is 1.15. The van der Waals surface area contributed by atoms with Crippen molar-refractivity contribution in [3.63, 3.8) is 0 Å². The molecular formula is C11H16O2. The second-order valence-electron chi connectivity index (χ2n) is 3.25. The van der Waals surface area contributed by atoms with E-state index in [0.29, 0.717) is 11.9 Å². The molecule has 0 spiro atoms. The van der Waals surface area contributed by atoms with E-state index in [0.717, 1.165) is 12.8 Å². The number of benzene rings is 1. The summed E-state index contributed by atoms with van der Waals surface area (Å²) in [5.74, 6) is 0.323.